The monoisotopic (exact) mass is 312 g/mol. The molecule has 0 aliphatic carbocycles. The number of anilines is 1. The second kappa shape index (κ2) is 7.99. The minimum absolute atomic E-state index is 0.202. The predicted molar refractivity (Wildman–Crippen MR) is 87.0 cm³/mol. The lowest BCUT2D eigenvalue weighted by Crippen LogP contribution is -2.42. The van der Waals surface area contributed by atoms with Gasteiger partial charge in [-0.15, -0.1) is 0 Å². The van der Waals surface area contributed by atoms with Crippen molar-refractivity contribution in [3.8, 4) is 0 Å². The van der Waals surface area contributed by atoms with Gasteiger partial charge in [-0.3, -0.25) is 0 Å². The number of halogens is 1. The molecule has 0 amide bonds. The van der Waals surface area contributed by atoms with Crippen LogP contribution in [-0.2, 0) is 11.3 Å². The minimum atomic E-state index is -0.202. The van der Waals surface area contributed by atoms with Gasteiger partial charge in [0.05, 0.1) is 23.4 Å². The molecule has 2 rings (SSSR count). The summed E-state index contributed by atoms with van der Waals surface area (Å²) < 4.78 is 5.05. The highest BCUT2D eigenvalue weighted by atomic mass is 35.5. The van der Waals surface area contributed by atoms with Gasteiger partial charge in [-0.25, -0.2) is 0 Å². The van der Waals surface area contributed by atoms with E-state index >= 15 is 0 Å². The summed E-state index contributed by atoms with van der Waals surface area (Å²) in [6, 6.07) is 6.03. The predicted octanol–water partition coefficient (Wildman–Crippen LogP) is 2.28. The highest BCUT2D eigenvalue weighted by molar-refractivity contribution is 6.33. The van der Waals surface area contributed by atoms with E-state index < -0.39 is 0 Å². The summed E-state index contributed by atoms with van der Waals surface area (Å²) in [5.41, 5.74) is 2.30. The molecule has 0 aromatic heterocycles. The Morgan fingerprint density at radius 3 is 3.00 bits per heavy atom. The first-order chi connectivity index (χ1) is 10.1. The Balaban J connectivity index is 2.10. The van der Waals surface area contributed by atoms with E-state index in [1.807, 2.05) is 12.1 Å². The van der Waals surface area contributed by atoms with Crippen LogP contribution in [0.15, 0.2) is 18.2 Å². The molecule has 5 heteroatoms. The highest BCUT2D eigenvalue weighted by Crippen LogP contribution is 2.33. The van der Waals surface area contributed by atoms with Crippen molar-refractivity contribution in [2.75, 3.05) is 38.3 Å². The summed E-state index contributed by atoms with van der Waals surface area (Å²) in [7, 11) is 1.70. The normalized spacial score (nSPS) is 22.6. The lowest BCUT2D eigenvalue weighted by atomic mass is 9.95. The zero-order valence-electron chi connectivity index (χ0n) is 12.8. The van der Waals surface area contributed by atoms with Crippen LogP contribution in [-0.4, -0.2) is 44.6 Å². The maximum absolute atomic E-state index is 9.90. The Labute approximate surface area is 132 Å². The van der Waals surface area contributed by atoms with E-state index in [4.69, 9.17) is 16.3 Å². The number of hydrogen-bond donors (Lipinski definition) is 2. The van der Waals surface area contributed by atoms with Crippen LogP contribution in [0.25, 0.3) is 0 Å². The molecule has 0 spiro atoms. The maximum Gasteiger partial charge on any atom is 0.0642 e. The van der Waals surface area contributed by atoms with E-state index in [2.05, 4.69) is 23.2 Å². The molecule has 118 valence electrons. The molecule has 2 atom stereocenters. The van der Waals surface area contributed by atoms with Gasteiger partial charge >= 0.3 is 0 Å². The van der Waals surface area contributed by atoms with E-state index in [0.717, 1.165) is 43.3 Å². The van der Waals surface area contributed by atoms with Crippen LogP contribution in [0.2, 0.25) is 5.02 Å². The van der Waals surface area contributed by atoms with Crippen LogP contribution >= 0.6 is 11.6 Å². The van der Waals surface area contributed by atoms with Crippen molar-refractivity contribution >= 4 is 17.3 Å². The number of hydrogen-bond acceptors (Lipinski definition) is 4. The second-order valence-corrected chi connectivity index (χ2v) is 6.10. The van der Waals surface area contributed by atoms with Crippen LogP contribution in [0.4, 0.5) is 5.69 Å². The minimum Gasteiger partial charge on any atom is -0.393 e. The standard InChI is InChI=1S/C16H25ClN2O2/c1-12-11-19(8-6-15(12)20)16-13(4-3-5-14(16)17)10-18-7-9-21-2/h3-5,12,15,18,20H,6-11H2,1-2H3. The third-order valence-corrected chi connectivity index (χ3v) is 4.35. The van der Waals surface area contributed by atoms with Gasteiger partial charge in [-0.05, 0) is 24.0 Å². The number of methoxy groups -OCH3 is 1. The number of ether oxygens (including phenoxy) is 1. The zero-order chi connectivity index (χ0) is 15.2. The molecule has 0 bridgehead atoms. The topological polar surface area (TPSA) is 44.7 Å². The number of para-hydroxylation sites is 1. The molecule has 2 N–H and O–H groups in total. The van der Waals surface area contributed by atoms with E-state index in [1.54, 1.807) is 7.11 Å². The van der Waals surface area contributed by atoms with Gasteiger partial charge in [0.15, 0.2) is 0 Å². The van der Waals surface area contributed by atoms with Crippen LogP contribution in [0.3, 0.4) is 0 Å². The maximum atomic E-state index is 9.90. The molecular weight excluding hydrogens is 288 g/mol. The van der Waals surface area contributed by atoms with E-state index in [9.17, 15) is 5.11 Å². The first-order valence-corrected chi connectivity index (χ1v) is 7.91. The zero-order valence-corrected chi connectivity index (χ0v) is 13.6. The number of aliphatic hydroxyl groups is 1. The van der Waals surface area contributed by atoms with Crippen LogP contribution in [0.1, 0.15) is 18.9 Å². The molecular formula is C16H25ClN2O2. The molecule has 1 aromatic rings. The number of rotatable bonds is 6. The average Bonchev–Trinajstić information content (AvgIpc) is 2.47. The molecule has 21 heavy (non-hydrogen) atoms. The smallest absolute Gasteiger partial charge is 0.0642 e. The summed E-state index contributed by atoms with van der Waals surface area (Å²) in [6.45, 7) is 6.06. The largest absolute Gasteiger partial charge is 0.393 e. The van der Waals surface area contributed by atoms with Crippen molar-refractivity contribution in [1.82, 2.24) is 5.32 Å². The first kappa shape index (κ1) is 16.6. The van der Waals surface area contributed by atoms with Crippen LogP contribution in [0, 0.1) is 5.92 Å². The molecule has 1 saturated heterocycles. The van der Waals surface area contributed by atoms with Crippen LogP contribution in [0.5, 0.6) is 0 Å². The Hall–Kier alpha value is -0.810. The average molecular weight is 313 g/mol. The lowest BCUT2D eigenvalue weighted by Gasteiger charge is -2.37. The number of piperidine rings is 1. The molecule has 1 aromatic carbocycles. The van der Waals surface area contributed by atoms with Gasteiger partial charge in [-0.1, -0.05) is 30.7 Å². The summed E-state index contributed by atoms with van der Waals surface area (Å²) in [5, 5.41) is 14.0. The van der Waals surface area contributed by atoms with Gasteiger partial charge in [0.25, 0.3) is 0 Å². The summed E-state index contributed by atoms with van der Waals surface area (Å²) >= 11 is 6.43. The van der Waals surface area contributed by atoms with E-state index in [1.165, 1.54) is 5.56 Å². The Kier molecular flexibility index (Phi) is 6.30. The van der Waals surface area contributed by atoms with Crippen molar-refractivity contribution in [2.24, 2.45) is 5.92 Å². The van der Waals surface area contributed by atoms with Gasteiger partial charge in [0, 0.05) is 33.3 Å². The van der Waals surface area contributed by atoms with Gasteiger partial charge in [-0.2, -0.15) is 0 Å². The third-order valence-electron chi connectivity index (χ3n) is 4.04. The first-order valence-electron chi connectivity index (χ1n) is 7.53. The van der Waals surface area contributed by atoms with Gasteiger partial charge < -0.3 is 20.1 Å². The SMILES string of the molecule is COCCNCc1cccc(Cl)c1N1CCC(O)C(C)C1. The van der Waals surface area contributed by atoms with Crippen LogP contribution < -0.4 is 10.2 Å². The van der Waals surface area contributed by atoms with E-state index in [-0.39, 0.29) is 12.0 Å². The van der Waals surface area contributed by atoms with E-state index in [0.29, 0.717) is 6.61 Å². The fraction of sp³-hybridized carbons (Fsp3) is 0.625. The van der Waals surface area contributed by atoms with Crippen molar-refractivity contribution in [1.29, 1.82) is 0 Å². The quantitative estimate of drug-likeness (QED) is 0.791. The third kappa shape index (κ3) is 4.33. The Morgan fingerprint density at radius 1 is 1.48 bits per heavy atom. The fourth-order valence-corrected chi connectivity index (χ4v) is 3.10. The Bertz CT molecular complexity index is 456. The lowest BCUT2D eigenvalue weighted by molar-refractivity contribution is 0.0970. The Morgan fingerprint density at radius 2 is 2.29 bits per heavy atom. The van der Waals surface area contributed by atoms with Gasteiger partial charge in [0.2, 0.25) is 0 Å². The summed E-state index contributed by atoms with van der Waals surface area (Å²) in [5.74, 6) is 0.268. The molecule has 1 aliphatic rings. The molecule has 1 heterocycles. The number of aliphatic hydroxyl groups excluding tert-OH is 1. The molecule has 2 unspecified atom stereocenters. The number of nitrogens with zero attached hydrogens (tertiary/aromatic N) is 1. The van der Waals surface area contributed by atoms with Crippen molar-refractivity contribution < 1.29 is 9.84 Å². The van der Waals surface area contributed by atoms with Crippen molar-refractivity contribution in [3.63, 3.8) is 0 Å². The molecule has 1 aliphatic heterocycles. The highest BCUT2D eigenvalue weighted by Gasteiger charge is 2.26. The number of nitrogens with one attached hydrogen (secondary N) is 1. The molecule has 1 fully saturated rings. The van der Waals surface area contributed by atoms with Crippen molar-refractivity contribution in [2.45, 2.75) is 26.0 Å². The number of benzene rings is 1. The van der Waals surface area contributed by atoms with Crippen molar-refractivity contribution in [3.05, 3.63) is 28.8 Å². The molecule has 0 saturated carbocycles. The summed E-state index contributed by atoms with van der Waals surface area (Å²) in [4.78, 5) is 2.30. The van der Waals surface area contributed by atoms with Gasteiger partial charge in [0.1, 0.15) is 0 Å². The fourth-order valence-electron chi connectivity index (χ4n) is 2.79. The molecule has 0 radical (unpaired) electrons. The summed E-state index contributed by atoms with van der Waals surface area (Å²) in [6.07, 6.45) is 0.593. The molecule has 4 nitrogen and oxygen atoms in total. The second-order valence-electron chi connectivity index (χ2n) is 5.70.